The van der Waals surface area contributed by atoms with Crippen molar-refractivity contribution >= 4 is 5.97 Å². The molecular weight excluding hydrogens is 324 g/mol. The average molecular weight is 346 g/mol. The molecule has 0 heterocycles. The largest absolute Gasteiger partial charge is 0.497 e. The topological polar surface area (TPSA) is 74.2 Å². The van der Waals surface area contributed by atoms with E-state index in [9.17, 15) is 4.79 Å². The number of benzene rings is 2. The van der Waals surface area contributed by atoms with Crippen molar-refractivity contribution in [3.63, 3.8) is 0 Å². The van der Waals surface area contributed by atoms with Gasteiger partial charge in [-0.25, -0.2) is 0 Å². The minimum atomic E-state index is -0.825. The van der Waals surface area contributed by atoms with E-state index in [-0.39, 0.29) is 6.42 Å². The van der Waals surface area contributed by atoms with Crippen LogP contribution in [0.5, 0.6) is 23.0 Å². The highest BCUT2D eigenvalue weighted by Gasteiger charge is 2.07. The minimum absolute atomic E-state index is 0.0811. The van der Waals surface area contributed by atoms with Gasteiger partial charge in [-0.3, -0.25) is 4.79 Å². The molecule has 0 unspecified atom stereocenters. The molecule has 2 rings (SSSR count). The highest BCUT2D eigenvalue weighted by Crippen LogP contribution is 2.28. The first-order chi connectivity index (χ1) is 12.1. The normalized spacial score (nSPS) is 10.2. The Balaban J connectivity index is 1.86. The van der Waals surface area contributed by atoms with Crippen LogP contribution in [-0.4, -0.2) is 38.5 Å². The molecule has 0 bridgehead atoms. The molecule has 0 spiro atoms. The quantitative estimate of drug-likeness (QED) is 0.666. The number of hydrogen-bond donors (Lipinski definition) is 1. The zero-order chi connectivity index (χ0) is 18.1. The van der Waals surface area contributed by atoms with Gasteiger partial charge in [-0.1, -0.05) is 12.1 Å². The third-order valence-corrected chi connectivity index (χ3v) is 3.51. The predicted molar refractivity (Wildman–Crippen MR) is 92.9 cm³/mol. The van der Waals surface area contributed by atoms with Gasteiger partial charge >= 0.3 is 5.97 Å². The van der Waals surface area contributed by atoms with Gasteiger partial charge in [0.15, 0.2) is 11.5 Å². The number of carboxylic acids is 1. The fourth-order valence-corrected chi connectivity index (χ4v) is 2.24. The molecule has 6 nitrogen and oxygen atoms in total. The number of aliphatic carboxylic acids is 1. The van der Waals surface area contributed by atoms with Gasteiger partial charge < -0.3 is 24.1 Å². The second-order valence-corrected chi connectivity index (χ2v) is 5.25. The van der Waals surface area contributed by atoms with Gasteiger partial charge in [0.05, 0.1) is 14.2 Å². The molecule has 6 heteroatoms. The van der Waals surface area contributed by atoms with E-state index < -0.39 is 5.97 Å². The number of carboxylic acid groups (broad SMARTS) is 1. The summed E-state index contributed by atoms with van der Waals surface area (Å²) in [4.78, 5) is 10.6. The van der Waals surface area contributed by atoms with E-state index in [0.717, 1.165) is 11.3 Å². The van der Waals surface area contributed by atoms with Crippen molar-refractivity contribution in [3.8, 4) is 23.0 Å². The first-order valence-electron chi connectivity index (χ1n) is 7.90. The lowest BCUT2D eigenvalue weighted by molar-refractivity contribution is -0.136. The number of aryl methyl sites for hydroxylation is 1. The SMILES string of the molecule is COc1cccc(OCCOc2ccc(CCC(=O)O)cc2OC)c1. The van der Waals surface area contributed by atoms with Gasteiger partial charge in [-0.05, 0) is 36.2 Å². The molecule has 0 saturated carbocycles. The van der Waals surface area contributed by atoms with Crippen LogP contribution in [-0.2, 0) is 11.2 Å². The number of rotatable bonds is 10. The van der Waals surface area contributed by atoms with Gasteiger partial charge in [0, 0.05) is 12.5 Å². The van der Waals surface area contributed by atoms with Crippen LogP contribution in [0, 0.1) is 0 Å². The molecule has 0 atom stereocenters. The summed E-state index contributed by atoms with van der Waals surface area (Å²) in [7, 11) is 3.16. The monoisotopic (exact) mass is 346 g/mol. The predicted octanol–water partition coefficient (Wildman–Crippen LogP) is 3.18. The summed E-state index contributed by atoms with van der Waals surface area (Å²) in [6, 6.07) is 12.8. The van der Waals surface area contributed by atoms with Crippen molar-refractivity contribution in [1.82, 2.24) is 0 Å². The van der Waals surface area contributed by atoms with Crippen LogP contribution in [0.2, 0.25) is 0 Å². The molecular formula is C19H22O6. The van der Waals surface area contributed by atoms with Crippen LogP contribution < -0.4 is 18.9 Å². The Morgan fingerprint density at radius 2 is 1.68 bits per heavy atom. The van der Waals surface area contributed by atoms with Crippen LogP contribution in [0.3, 0.4) is 0 Å². The van der Waals surface area contributed by atoms with Gasteiger partial charge in [0.25, 0.3) is 0 Å². The summed E-state index contributed by atoms with van der Waals surface area (Å²) < 4.78 is 21.8. The number of methoxy groups -OCH3 is 2. The van der Waals surface area contributed by atoms with Crippen molar-refractivity contribution in [1.29, 1.82) is 0 Å². The maximum absolute atomic E-state index is 10.6. The molecule has 0 aliphatic rings. The summed E-state index contributed by atoms with van der Waals surface area (Å²) >= 11 is 0. The Morgan fingerprint density at radius 1 is 0.920 bits per heavy atom. The average Bonchev–Trinajstić information content (AvgIpc) is 2.64. The van der Waals surface area contributed by atoms with Crippen molar-refractivity contribution in [3.05, 3.63) is 48.0 Å². The number of ether oxygens (including phenoxy) is 4. The molecule has 2 aromatic rings. The maximum atomic E-state index is 10.6. The van der Waals surface area contributed by atoms with E-state index in [1.807, 2.05) is 24.3 Å². The van der Waals surface area contributed by atoms with Crippen LogP contribution in [0.1, 0.15) is 12.0 Å². The smallest absolute Gasteiger partial charge is 0.303 e. The molecule has 1 N–H and O–H groups in total. The first kappa shape index (κ1) is 18.4. The second kappa shape index (κ2) is 9.42. The molecule has 0 amide bonds. The van der Waals surface area contributed by atoms with Crippen molar-refractivity contribution in [2.45, 2.75) is 12.8 Å². The number of hydrogen-bond acceptors (Lipinski definition) is 5. The molecule has 0 aliphatic carbocycles. The second-order valence-electron chi connectivity index (χ2n) is 5.25. The molecule has 0 saturated heterocycles. The fraction of sp³-hybridized carbons (Fsp3) is 0.316. The Labute approximate surface area is 146 Å². The van der Waals surface area contributed by atoms with E-state index in [1.165, 1.54) is 0 Å². The van der Waals surface area contributed by atoms with Crippen molar-refractivity contribution in [2.75, 3.05) is 27.4 Å². The van der Waals surface area contributed by atoms with Gasteiger partial charge in [0.2, 0.25) is 0 Å². The molecule has 0 aromatic heterocycles. The lowest BCUT2D eigenvalue weighted by atomic mass is 10.1. The van der Waals surface area contributed by atoms with E-state index in [0.29, 0.717) is 36.9 Å². The zero-order valence-electron chi connectivity index (χ0n) is 14.4. The Bertz CT molecular complexity index is 698. The van der Waals surface area contributed by atoms with E-state index in [2.05, 4.69) is 0 Å². The van der Waals surface area contributed by atoms with Crippen LogP contribution >= 0.6 is 0 Å². The minimum Gasteiger partial charge on any atom is -0.497 e. The summed E-state index contributed by atoms with van der Waals surface area (Å²) in [5.41, 5.74) is 0.888. The molecule has 134 valence electrons. The van der Waals surface area contributed by atoms with Gasteiger partial charge in [-0.2, -0.15) is 0 Å². The Morgan fingerprint density at radius 3 is 2.40 bits per heavy atom. The van der Waals surface area contributed by atoms with Crippen LogP contribution in [0.4, 0.5) is 0 Å². The standard InChI is InChI=1S/C19H22O6/c1-22-15-4-3-5-16(13-15)24-10-11-25-17-8-6-14(7-9-19(20)21)12-18(17)23-2/h3-6,8,12-13H,7,9-11H2,1-2H3,(H,20,21). The van der Waals surface area contributed by atoms with Crippen molar-refractivity contribution < 1.29 is 28.8 Å². The lowest BCUT2D eigenvalue weighted by Crippen LogP contribution is -2.09. The molecule has 0 fully saturated rings. The highest BCUT2D eigenvalue weighted by atomic mass is 16.5. The molecule has 2 aromatic carbocycles. The van der Waals surface area contributed by atoms with E-state index in [4.69, 9.17) is 24.1 Å². The third kappa shape index (κ3) is 5.91. The molecule has 0 aliphatic heterocycles. The maximum Gasteiger partial charge on any atom is 0.303 e. The summed E-state index contributed by atoms with van der Waals surface area (Å²) in [5.74, 6) is 1.78. The highest BCUT2D eigenvalue weighted by molar-refractivity contribution is 5.67. The molecule has 25 heavy (non-hydrogen) atoms. The number of carbonyl (C=O) groups is 1. The van der Waals surface area contributed by atoms with Gasteiger partial charge in [-0.15, -0.1) is 0 Å². The van der Waals surface area contributed by atoms with E-state index >= 15 is 0 Å². The van der Waals surface area contributed by atoms with Gasteiger partial charge in [0.1, 0.15) is 24.7 Å². The summed E-state index contributed by atoms with van der Waals surface area (Å²) in [5, 5.41) is 8.75. The van der Waals surface area contributed by atoms with Crippen LogP contribution in [0.25, 0.3) is 0 Å². The van der Waals surface area contributed by atoms with Crippen LogP contribution in [0.15, 0.2) is 42.5 Å². The zero-order valence-corrected chi connectivity index (χ0v) is 14.4. The lowest BCUT2D eigenvalue weighted by Gasteiger charge is -2.13. The summed E-state index contributed by atoms with van der Waals surface area (Å²) in [6.07, 6.45) is 0.530. The Kier molecular flexibility index (Phi) is 6.95. The Hall–Kier alpha value is -2.89. The summed E-state index contributed by atoms with van der Waals surface area (Å²) in [6.45, 7) is 0.721. The van der Waals surface area contributed by atoms with E-state index in [1.54, 1.807) is 32.4 Å². The molecule has 0 radical (unpaired) electrons. The fourth-order valence-electron chi connectivity index (χ4n) is 2.24. The third-order valence-electron chi connectivity index (χ3n) is 3.51. The van der Waals surface area contributed by atoms with Crippen molar-refractivity contribution in [2.24, 2.45) is 0 Å². The first-order valence-corrected chi connectivity index (χ1v) is 7.90.